The molecule has 2 fully saturated rings. The predicted molar refractivity (Wildman–Crippen MR) is 114 cm³/mol. The lowest BCUT2D eigenvalue weighted by Gasteiger charge is -2.43. The van der Waals surface area contributed by atoms with Crippen LogP contribution in [0.15, 0.2) is 53.3 Å². The van der Waals surface area contributed by atoms with Gasteiger partial charge in [0, 0.05) is 43.9 Å². The number of piperidine rings is 1. The number of hydrogen-bond donors (Lipinski definition) is 0. The van der Waals surface area contributed by atoms with Gasteiger partial charge in [-0.1, -0.05) is 36.4 Å². The summed E-state index contributed by atoms with van der Waals surface area (Å²) in [6.45, 7) is 2.64. The first kappa shape index (κ1) is 19.8. The minimum Gasteiger partial charge on any atom is -0.445 e. The van der Waals surface area contributed by atoms with Crippen molar-refractivity contribution in [2.45, 2.75) is 44.4 Å². The van der Waals surface area contributed by atoms with Crippen molar-refractivity contribution in [2.24, 2.45) is 5.92 Å². The van der Waals surface area contributed by atoms with Crippen LogP contribution in [0.1, 0.15) is 36.4 Å². The van der Waals surface area contributed by atoms with Crippen LogP contribution >= 0.6 is 0 Å². The summed E-state index contributed by atoms with van der Waals surface area (Å²) in [7, 11) is 0. The topological polar surface area (TPSA) is 71.8 Å². The Balaban J connectivity index is 1.26. The highest BCUT2D eigenvalue weighted by Crippen LogP contribution is 2.36. The Morgan fingerprint density at radius 2 is 1.84 bits per heavy atom. The summed E-state index contributed by atoms with van der Waals surface area (Å²) >= 11 is 0. The molecule has 31 heavy (non-hydrogen) atoms. The van der Waals surface area contributed by atoms with Crippen LogP contribution in [0.3, 0.4) is 0 Å². The average molecular weight is 421 g/mol. The number of pyridine rings is 1. The average Bonchev–Trinajstić information content (AvgIpc) is 3.28. The fourth-order valence-corrected chi connectivity index (χ4v) is 5.33. The molecule has 7 nitrogen and oxygen atoms in total. The molecule has 0 N–H and O–H groups in total. The van der Waals surface area contributed by atoms with Gasteiger partial charge in [0.1, 0.15) is 12.6 Å². The molecule has 1 aromatic heterocycles. The molecule has 3 aliphatic rings. The van der Waals surface area contributed by atoms with Gasteiger partial charge in [-0.05, 0) is 36.8 Å². The third-order valence-electron chi connectivity index (χ3n) is 6.77. The van der Waals surface area contributed by atoms with Gasteiger partial charge in [-0.15, -0.1) is 0 Å². The first-order chi connectivity index (χ1) is 15.1. The largest absolute Gasteiger partial charge is 0.445 e. The monoisotopic (exact) mass is 421 g/mol. The maximum Gasteiger partial charge on any atom is 0.410 e. The zero-order chi connectivity index (χ0) is 21.4. The van der Waals surface area contributed by atoms with Gasteiger partial charge in [-0.3, -0.25) is 14.5 Å². The molecule has 2 amide bonds. The summed E-state index contributed by atoms with van der Waals surface area (Å²) in [4.78, 5) is 41.8. The van der Waals surface area contributed by atoms with Crippen molar-refractivity contribution in [3.05, 3.63) is 70.1 Å². The number of likely N-dealkylation sites (tertiary alicyclic amines) is 2. The van der Waals surface area contributed by atoms with E-state index in [0.29, 0.717) is 32.6 Å². The highest BCUT2D eigenvalue weighted by atomic mass is 16.6. The number of fused-ring (bicyclic) bond motifs is 4. The number of ether oxygens (including phenoxy) is 1. The van der Waals surface area contributed by atoms with E-state index < -0.39 is 12.1 Å². The molecule has 2 saturated heterocycles. The van der Waals surface area contributed by atoms with Gasteiger partial charge in [-0.25, -0.2) is 4.79 Å². The summed E-state index contributed by atoms with van der Waals surface area (Å²) in [6, 6.07) is 14.5. The summed E-state index contributed by atoms with van der Waals surface area (Å²) in [5.41, 5.74) is 1.98. The molecule has 2 aromatic rings. The molecule has 0 aliphatic carbocycles. The van der Waals surface area contributed by atoms with Crippen molar-refractivity contribution in [1.82, 2.24) is 14.4 Å². The van der Waals surface area contributed by atoms with Crippen LogP contribution < -0.4 is 5.56 Å². The van der Waals surface area contributed by atoms with Gasteiger partial charge in [-0.2, -0.15) is 0 Å². The number of aromatic nitrogens is 1. The van der Waals surface area contributed by atoms with Gasteiger partial charge in [0.05, 0.1) is 0 Å². The van der Waals surface area contributed by atoms with E-state index in [1.54, 1.807) is 17.0 Å². The van der Waals surface area contributed by atoms with Gasteiger partial charge in [0.25, 0.3) is 5.56 Å². The zero-order valence-electron chi connectivity index (χ0n) is 17.5. The number of nitrogens with zero attached hydrogens (tertiary/aromatic N) is 3. The van der Waals surface area contributed by atoms with E-state index in [1.807, 2.05) is 45.9 Å². The van der Waals surface area contributed by atoms with Crippen molar-refractivity contribution in [3.8, 4) is 0 Å². The van der Waals surface area contributed by atoms with Crippen LogP contribution in [-0.4, -0.2) is 52.0 Å². The second kappa shape index (κ2) is 8.21. The quantitative estimate of drug-likeness (QED) is 0.764. The van der Waals surface area contributed by atoms with Gasteiger partial charge in [0.15, 0.2) is 0 Å². The molecule has 4 heterocycles. The van der Waals surface area contributed by atoms with Crippen molar-refractivity contribution in [2.75, 3.05) is 19.6 Å². The van der Waals surface area contributed by atoms with Gasteiger partial charge >= 0.3 is 6.09 Å². The second-order valence-corrected chi connectivity index (χ2v) is 8.83. The SMILES string of the molecule is O=C([C@H]1CCCN1C(=O)OCc1ccccc1)N1C[C@H]2C[C@H](C1)c1cccc(=O)n1C2. The van der Waals surface area contributed by atoms with Crippen LogP contribution in [-0.2, 0) is 22.7 Å². The van der Waals surface area contributed by atoms with E-state index in [2.05, 4.69) is 0 Å². The minimum atomic E-state index is -0.458. The molecule has 3 aliphatic heterocycles. The van der Waals surface area contributed by atoms with Gasteiger partial charge in [0.2, 0.25) is 5.91 Å². The standard InChI is InChI=1S/C24H27N3O4/c28-22-10-4-8-20-19-12-18(14-27(20)22)13-25(15-19)23(29)21-9-5-11-26(21)24(30)31-16-17-6-2-1-3-7-17/h1-4,6-8,10,18-19,21H,5,9,11-16H2/t18-,19-,21-/m1/s1. The minimum absolute atomic E-state index is 0.00980. The number of rotatable bonds is 3. The second-order valence-electron chi connectivity index (χ2n) is 8.83. The third-order valence-corrected chi connectivity index (χ3v) is 6.77. The number of carbonyl (C=O) groups is 2. The molecule has 3 atom stereocenters. The van der Waals surface area contributed by atoms with Gasteiger partial charge < -0.3 is 14.2 Å². The summed E-state index contributed by atoms with van der Waals surface area (Å²) in [5, 5.41) is 0. The number of benzene rings is 1. The van der Waals surface area contributed by atoms with E-state index in [1.165, 1.54) is 0 Å². The van der Waals surface area contributed by atoms with Crippen molar-refractivity contribution in [1.29, 1.82) is 0 Å². The zero-order valence-corrected chi connectivity index (χ0v) is 17.5. The molecule has 7 heteroatoms. The Morgan fingerprint density at radius 1 is 1.00 bits per heavy atom. The molecule has 0 radical (unpaired) electrons. The van der Waals surface area contributed by atoms with E-state index in [9.17, 15) is 14.4 Å². The molecule has 0 unspecified atom stereocenters. The maximum absolute atomic E-state index is 13.4. The summed E-state index contributed by atoms with van der Waals surface area (Å²) in [6.07, 6.45) is 2.05. The lowest BCUT2D eigenvalue weighted by molar-refractivity contribution is -0.138. The number of carbonyl (C=O) groups excluding carboxylic acids is 2. The molecule has 0 spiro atoms. The summed E-state index contributed by atoms with van der Waals surface area (Å²) in [5.74, 6) is 0.455. The lowest BCUT2D eigenvalue weighted by atomic mass is 9.83. The fraction of sp³-hybridized carbons (Fsp3) is 0.458. The Hall–Kier alpha value is -3.09. The molecular formula is C24H27N3O4. The Labute approximate surface area is 181 Å². The van der Waals surface area contributed by atoms with Crippen molar-refractivity contribution >= 4 is 12.0 Å². The highest BCUT2D eigenvalue weighted by molar-refractivity contribution is 5.86. The smallest absolute Gasteiger partial charge is 0.410 e. The van der Waals surface area contributed by atoms with Crippen LogP contribution in [0.2, 0.25) is 0 Å². The molecule has 5 rings (SSSR count). The van der Waals surface area contributed by atoms with E-state index in [4.69, 9.17) is 4.74 Å². The number of hydrogen-bond acceptors (Lipinski definition) is 4. The van der Waals surface area contributed by atoms with Crippen molar-refractivity contribution < 1.29 is 14.3 Å². The van der Waals surface area contributed by atoms with Crippen molar-refractivity contribution in [3.63, 3.8) is 0 Å². The van der Waals surface area contributed by atoms with E-state index >= 15 is 0 Å². The third kappa shape index (κ3) is 3.84. The lowest BCUT2D eigenvalue weighted by Crippen LogP contribution is -2.54. The normalized spacial score (nSPS) is 24.6. The molecular weight excluding hydrogens is 394 g/mol. The van der Waals surface area contributed by atoms with E-state index in [0.717, 1.165) is 24.1 Å². The summed E-state index contributed by atoms with van der Waals surface area (Å²) < 4.78 is 7.36. The molecule has 2 bridgehead atoms. The molecule has 162 valence electrons. The van der Waals surface area contributed by atoms with Crippen LogP contribution in [0.25, 0.3) is 0 Å². The number of amides is 2. The highest BCUT2D eigenvalue weighted by Gasteiger charge is 2.42. The predicted octanol–water partition coefficient (Wildman–Crippen LogP) is 2.60. The Kier molecular flexibility index (Phi) is 5.26. The molecule has 0 saturated carbocycles. The molecule has 1 aromatic carbocycles. The van der Waals surface area contributed by atoms with Crippen LogP contribution in [0.5, 0.6) is 0 Å². The Morgan fingerprint density at radius 3 is 2.68 bits per heavy atom. The Bertz CT molecular complexity index is 1030. The van der Waals surface area contributed by atoms with Crippen LogP contribution in [0.4, 0.5) is 4.79 Å². The van der Waals surface area contributed by atoms with E-state index in [-0.39, 0.29) is 29.9 Å². The van der Waals surface area contributed by atoms with Crippen LogP contribution in [0, 0.1) is 5.92 Å². The fourth-order valence-electron chi connectivity index (χ4n) is 5.33. The first-order valence-corrected chi connectivity index (χ1v) is 11.1. The first-order valence-electron chi connectivity index (χ1n) is 11.1. The maximum atomic E-state index is 13.4.